The molecule has 3 heterocycles. The number of methoxy groups -OCH3 is 1. The Morgan fingerprint density at radius 3 is 2.61 bits per heavy atom. The van der Waals surface area contributed by atoms with Crippen LogP contribution in [0.1, 0.15) is 44.7 Å². The maximum Gasteiger partial charge on any atom is 0.272 e. The molecular weight excluding hydrogens is 394 g/mol. The van der Waals surface area contributed by atoms with Crippen molar-refractivity contribution in [2.24, 2.45) is 0 Å². The lowest BCUT2D eigenvalue weighted by molar-refractivity contribution is 0.0784. The molecule has 4 rings (SSSR count). The number of anilines is 1. The highest BCUT2D eigenvalue weighted by molar-refractivity contribution is 6.04. The summed E-state index contributed by atoms with van der Waals surface area (Å²) >= 11 is 0. The Kier molecular flexibility index (Phi) is 5.88. The van der Waals surface area contributed by atoms with Crippen molar-refractivity contribution < 1.29 is 14.3 Å². The SMILES string of the molecule is COc1ccc(NC(=O)c2cnc([C@H]3CCN(C(=O)c4ccccn4)C3)nc2C)cc1. The molecule has 0 spiro atoms. The number of aromatic nitrogens is 3. The molecule has 2 amide bonds. The second kappa shape index (κ2) is 8.91. The third-order valence-corrected chi connectivity index (χ3v) is 5.32. The number of aryl methyl sites for hydroxylation is 1. The fourth-order valence-corrected chi connectivity index (χ4v) is 3.58. The molecule has 1 aliphatic rings. The Hall–Kier alpha value is -3.81. The molecule has 0 unspecified atom stereocenters. The number of benzene rings is 1. The van der Waals surface area contributed by atoms with Gasteiger partial charge in [-0.2, -0.15) is 0 Å². The summed E-state index contributed by atoms with van der Waals surface area (Å²) in [6.07, 6.45) is 3.94. The zero-order chi connectivity index (χ0) is 21.8. The second-order valence-electron chi connectivity index (χ2n) is 7.36. The van der Waals surface area contributed by atoms with Crippen LogP contribution in [0, 0.1) is 6.92 Å². The second-order valence-corrected chi connectivity index (χ2v) is 7.36. The van der Waals surface area contributed by atoms with Gasteiger partial charge in [0, 0.05) is 37.1 Å². The van der Waals surface area contributed by atoms with Crippen molar-refractivity contribution in [3.05, 3.63) is 77.6 Å². The molecule has 1 N–H and O–H groups in total. The average molecular weight is 417 g/mol. The Morgan fingerprint density at radius 2 is 1.94 bits per heavy atom. The molecule has 1 aliphatic heterocycles. The van der Waals surface area contributed by atoms with E-state index >= 15 is 0 Å². The number of carbonyl (C=O) groups excluding carboxylic acids is 2. The van der Waals surface area contributed by atoms with Crippen molar-refractivity contribution in [1.82, 2.24) is 19.9 Å². The highest BCUT2D eigenvalue weighted by atomic mass is 16.5. The molecular formula is C23H23N5O3. The average Bonchev–Trinajstić information content (AvgIpc) is 3.30. The van der Waals surface area contributed by atoms with Crippen LogP contribution in [0.25, 0.3) is 0 Å². The molecule has 1 saturated heterocycles. The molecule has 0 aliphatic carbocycles. The Morgan fingerprint density at radius 1 is 1.13 bits per heavy atom. The first kappa shape index (κ1) is 20.5. The van der Waals surface area contributed by atoms with E-state index in [-0.39, 0.29) is 17.7 Å². The molecule has 3 aromatic rings. The number of nitrogens with zero attached hydrogens (tertiary/aromatic N) is 4. The quantitative estimate of drug-likeness (QED) is 0.685. The number of pyridine rings is 1. The minimum absolute atomic E-state index is 0.0325. The predicted octanol–water partition coefficient (Wildman–Crippen LogP) is 3.07. The fourth-order valence-electron chi connectivity index (χ4n) is 3.58. The maximum atomic E-state index is 12.6. The fraction of sp³-hybridized carbons (Fsp3) is 0.261. The number of amides is 2. The standard InChI is InChI=1S/C23H23N5O3/c1-15-19(22(29)27-17-6-8-18(31-2)9-7-17)13-25-21(26-15)16-10-12-28(14-16)23(30)20-5-3-4-11-24-20/h3-9,11,13,16H,10,12,14H2,1-2H3,(H,27,29)/t16-/m0/s1. The van der Waals surface area contributed by atoms with Crippen LogP contribution in [0.3, 0.4) is 0 Å². The Labute approximate surface area is 180 Å². The lowest BCUT2D eigenvalue weighted by atomic mass is 10.1. The van der Waals surface area contributed by atoms with Gasteiger partial charge >= 0.3 is 0 Å². The van der Waals surface area contributed by atoms with Gasteiger partial charge in [0.1, 0.15) is 17.3 Å². The zero-order valence-corrected chi connectivity index (χ0v) is 17.4. The van der Waals surface area contributed by atoms with Crippen LogP contribution >= 0.6 is 0 Å². The van der Waals surface area contributed by atoms with Crippen molar-refractivity contribution in [2.75, 3.05) is 25.5 Å². The van der Waals surface area contributed by atoms with Gasteiger partial charge in [0.25, 0.3) is 11.8 Å². The van der Waals surface area contributed by atoms with Crippen LogP contribution in [0.5, 0.6) is 5.75 Å². The van der Waals surface area contributed by atoms with Gasteiger partial charge in [-0.1, -0.05) is 6.07 Å². The normalized spacial score (nSPS) is 15.5. The Bertz CT molecular complexity index is 1090. The molecule has 0 radical (unpaired) electrons. The number of rotatable bonds is 5. The number of carbonyl (C=O) groups is 2. The molecule has 0 saturated carbocycles. The molecule has 1 atom stereocenters. The first-order valence-corrected chi connectivity index (χ1v) is 10.0. The summed E-state index contributed by atoms with van der Waals surface area (Å²) in [6.45, 7) is 2.95. The minimum Gasteiger partial charge on any atom is -0.497 e. The first-order chi connectivity index (χ1) is 15.0. The van der Waals surface area contributed by atoms with Crippen molar-refractivity contribution in [3.8, 4) is 5.75 Å². The summed E-state index contributed by atoms with van der Waals surface area (Å²) in [4.78, 5) is 40.2. The lowest BCUT2D eigenvalue weighted by Gasteiger charge is -2.16. The monoisotopic (exact) mass is 417 g/mol. The van der Waals surface area contributed by atoms with Gasteiger partial charge in [0.15, 0.2) is 0 Å². The van der Waals surface area contributed by atoms with Gasteiger partial charge in [-0.15, -0.1) is 0 Å². The molecule has 158 valence electrons. The Balaban J connectivity index is 1.42. The van der Waals surface area contributed by atoms with E-state index in [0.717, 1.165) is 6.42 Å². The highest BCUT2D eigenvalue weighted by Gasteiger charge is 2.30. The first-order valence-electron chi connectivity index (χ1n) is 10.0. The van der Waals surface area contributed by atoms with E-state index in [0.29, 0.717) is 47.3 Å². The van der Waals surface area contributed by atoms with Crippen LogP contribution in [0.2, 0.25) is 0 Å². The molecule has 1 aromatic carbocycles. The van der Waals surface area contributed by atoms with Crippen LogP contribution in [-0.2, 0) is 0 Å². The van der Waals surface area contributed by atoms with Crippen molar-refractivity contribution in [2.45, 2.75) is 19.3 Å². The number of likely N-dealkylation sites (tertiary alicyclic amines) is 1. The van der Waals surface area contributed by atoms with Crippen LogP contribution in [0.4, 0.5) is 5.69 Å². The zero-order valence-electron chi connectivity index (χ0n) is 17.4. The maximum absolute atomic E-state index is 12.6. The van der Waals surface area contributed by atoms with Gasteiger partial charge in [-0.3, -0.25) is 14.6 Å². The van der Waals surface area contributed by atoms with E-state index in [4.69, 9.17) is 4.74 Å². The van der Waals surface area contributed by atoms with Gasteiger partial charge < -0.3 is 15.0 Å². The molecule has 2 aromatic heterocycles. The lowest BCUT2D eigenvalue weighted by Crippen LogP contribution is -2.29. The smallest absolute Gasteiger partial charge is 0.272 e. The highest BCUT2D eigenvalue weighted by Crippen LogP contribution is 2.26. The van der Waals surface area contributed by atoms with Crippen molar-refractivity contribution >= 4 is 17.5 Å². The van der Waals surface area contributed by atoms with Crippen LogP contribution in [-0.4, -0.2) is 51.9 Å². The van der Waals surface area contributed by atoms with E-state index in [2.05, 4.69) is 20.3 Å². The summed E-state index contributed by atoms with van der Waals surface area (Å²) in [7, 11) is 1.59. The number of ether oxygens (including phenoxy) is 1. The van der Waals surface area contributed by atoms with Gasteiger partial charge in [0.2, 0.25) is 0 Å². The van der Waals surface area contributed by atoms with Crippen LogP contribution < -0.4 is 10.1 Å². The third kappa shape index (κ3) is 4.53. The summed E-state index contributed by atoms with van der Waals surface area (Å²) in [5, 5.41) is 2.85. The van der Waals surface area contributed by atoms with E-state index in [1.165, 1.54) is 0 Å². The van der Waals surface area contributed by atoms with Crippen LogP contribution in [0.15, 0.2) is 54.9 Å². The van der Waals surface area contributed by atoms with Crippen molar-refractivity contribution in [1.29, 1.82) is 0 Å². The summed E-state index contributed by atoms with van der Waals surface area (Å²) < 4.78 is 5.13. The van der Waals surface area contributed by atoms with E-state index in [1.54, 1.807) is 73.8 Å². The molecule has 8 heteroatoms. The van der Waals surface area contributed by atoms with Crippen molar-refractivity contribution in [3.63, 3.8) is 0 Å². The summed E-state index contributed by atoms with van der Waals surface area (Å²) in [5.41, 5.74) is 2.11. The topological polar surface area (TPSA) is 97.3 Å². The van der Waals surface area contributed by atoms with E-state index < -0.39 is 0 Å². The molecule has 0 bridgehead atoms. The largest absolute Gasteiger partial charge is 0.497 e. The molecule has 8 nitrogen and oxygen atoms in total. The predicted molar refractivity (Wildman–Crippen MR) is 115 cm³/mol. The molecule has 1 fully saturated rings. The van der Waals surface area contributed by atoms with Gasteiger partial charge in [-0.05, 0) is 49.7 Å². The van der Waals surface area contributed by atoms with Gasteiger partial charge in [-0.25, -0.2) is 9.97 Å². The number of nitrogens with one attached hydrogen (secondary N) is 1. The number of hydrogen-bond donors (Lipinski definition) is 1. The third-order valence-electron chi connectivity index (χ3n) is 5.32. The molecule has 31 heavy (non-hydrogen) atoms. The van der Waals surface area contributed by atoms with Gasteiger partial charge in [0.05, 0.1) is 18.4 Å². The minimum atomic E-state index is -0.271. The number of hydrogen-bond acceptors (Lipinski definition) is 6. The van der Waals surface area contributed by atoms with E-state index in [9.17, 15) is 9.59 Å². The summed E-state index contributed by atoms with van der Waals surface area (Å²) in [5.74, 6) is 1.04. The van der Waals surface area contributed by atoms with E-state index in [1.807, 2.05) is 0 Å². The summed E-state index contributed by atoms with van der Waals surface area (Å²) in [6, 6.07) is 12.4.